The summed E-state index contributed by atoms with van der Waals surface area (Å²) in [5.74, 6) is 0.139. The van der Waals surface area contributed by atoms with Crippen LogP contribution in [-0.2, 0) is 4.79 Å². The lowest BCUT2D eigenvalue weighted by Gasteiger charge is -2.39. The summed E-state index contributed by atoms with van der Waals surface area (Å²) in [7, 11) is 0. The van der Waals surface area contributed by atoms with Crippen LogP contribution in [0.4, 0.5) is 5.69 Å². The molecule has 21 heavy (non-hydrogen) atoms. The van der Waals surface area contributed by atoms with E-state index < -0.39 is 0 Å². The molecule has 5 nitrogen and oxygen atoms in total. The summed E-state index contributed by atoms with van der Waals surface area (Å²) < 4.78 is 0. The minimum atomic E-state index is -0.180. The molecule has 1 aromatic rings. The summed E-state index contributed by atoms with van der Waals surface area (Å²) in [4.78, 5) is 28.3. The van der Waals surface area contributed by atoms with Crippen LogP contribution in [0, 0.1) is 11.3 Å². The van der Waals surface area contributed by atoms with Gasteiger partial charge in [-0.15, -0.1) is 0 Å². The number of nitrogens with zero attached hydrogens (tertiary/aromatic N) is 3. The number of fused-ring (bicyclic) bond motifs is 2. The van der Waals surface area contributed by atoms with Crippen LogP contribution in [0.3, 0.4) is 0 Å². The summed E-state index contributed by atoms with van der Waals surface area (Å²) in [6.45, 7) is 3.01. The Morgan fingerprint density at radius 1 is 1.29 bits per heavy atom. The summed E-state index contributed by atoms with van der Waals surface area (Å²) in [5, 5.41) is 9.38. The number of ketones is 1. The number of rotatable bonds is 1. The van der Waals surface area contributed by atoms with Crippen molar-refractivity contribution in [1.29, 1.82) is 5.26 Å². The molecular formula is C16H15N3O2. The van der Waals surface area contributed by atoms with Crippen molar-refractivity contribution in [2.45, 2.75) is 19.8 Å². The van der Waals surface area contributed by atoms with Gasteiger partial charge in [0, 0.05) is 19.5 Å². The first-order valence-electron chi connectivity index (χ1n) is 7.05. The molecule has 2 aliphatic heterocycles. The van der Waals surface area contributed by atoms with Crippen molar-refractivity contribution in [2.75, 3.05) is 18.0 Å². The maximum Gasteiger partial charge on any atom is 0.261 e. The third kappa shape index (κ3) is 1.91. The van der Waals surface area contributed by atoms with Crippen molar-refractivity contribution in [3.8, 4) is 6.07 Å². The molecule has 0 aromatic heterocycles. The standard InChI is InChI=1S/C16H15N3O2/c1-2-18-13-7-4-3-6-11(13)16(21)19-9-5-8-14(20)12(10-17)15(18)19/h3-4,6-7H,2,5,8-9H2,1H3. The van der Waals surface area contributed by atoms with Gasteiger partial charge in [0.1, 0.15) is 17.5 Å². The fourth-order valence-corrected chi connectivity index (χ4v) is 2.95. The monoisotopic (exact) mass is 281 g/mol. The van der Waals surface area contributed by atoms with Crippen LogP contribution >= 0.6 is 0 Å². The molecule has 0 N–H and O–H groups in total. The minimum Gasteiger partial charge on any atom is -0.326 e. The third-order valence-electron chi connectivity index (χ3n) is 3.90. The van der Waals surface area contributed by atoms with E-state index in [-0.39, 0.29) is 17.3 Å². The molecule has 0 spiro atoms. The maximum atomic E-state index is 12.7. The van der Waals surface area contributed by atoms with Gasteiger partial charge in [-0.25, -0.2) is 0 Å². The molecule has 5 heteroatoms. The van der Waals surface area contributed by atoms with Gasteiger partial charge in [0.15, 0.2) is 5.78 Å². The molecule has 2 aliphatic rings. The predicted octanol–water partition coefficient (Wildman–Crippen LogP) is 2.07. The van der Waals surface area contributed by atoms with Gasteiger partial charge in [-0.05, 0) is 25.5 Å². The number of para-hydroxylation sites is 1. The zero-order chi connectivity index (χ0) is 15.0. The van der Waals surface area contributed by atoms with E-state index in [2.05, 4.69) is 0 Å². The van der Waals surface area contributed by atoms with Gasteiger partial charge in [0.2, 0.25) is 0 Å². The second-order valence-corrected chi connectivity index (χ2v) is 5.06. The van der Waals surface area contributed by atoms with E-state index in [1.807, 2.05) is 36.1 Å². The van der Waals surface area contributed by atoms with Crippen LogP contribution < -0.4 is 4.90 Å². The van der Waals surface area contributed by atoms with Crippen LogP contribution in [0.5, 0.6) is 0 Å². The number of benzene rings is 1. The Labute approximate surface area is 123 Å². The second-order valence-electron chi connectivity index (χ2n) is 5.06. The number of amides is 1. The smallest absolute Gasteiger partial charge is 0.261 e. The molecule has 3 rings (SSSR count). The average Bonchev–Trinajstić information content (AvgIpc) is 2.67. The summed E-state index contributed by atoms with van der Waals surface area (Å²) in [6, 6.07) is 9.33. The Hall–Kier alpha value is -2.61. The number of hydrogen-bond acceptors (Lipinski definition) is 4. The van der Waals surface area contributed by atoms with E-state index in [9.17, 15) is 14.9 Å². The molecule has 0 atom stereocenters. The van der Waals surface area contributed by atoms with E-state index in [1.54, 1.807) is 11.0 Å². The van der Waals surface area contributed by atoms with Crippen molar-refractivity contribution in [3.63, 3.8) is 0 Å². The zero-order valence-corrected chi connectivity index (χ0v) is 11.8. The molecule has 0 unspecified atom stereocenters. The third-order valence-corrected chi connectivity index (χ3v) is 3.90. The Bertz CT molecular complexity index is 700. The van der Waals surface area contributed by atoms with Crippen LogP contribution in [0.2, 0.25) is 0 Å². The van der Waals surface area contributed by atoms with E-state index >= 15 is 0 Å². The predicted molar refractivity (Wildman–Crippen MR) is 77.4 cm³/mol. The summed E-state index contributed by atoms with van der Waals surface area (Å²) in [5.41, 5.74) is 1.48. The number of Topliss-reactive ketones (excluding diaryl/α,β-unsaturated/α-hetero) is 1. The molecule has 0 radical (unpaired) electrons. The fraction of sp³-hybridized carbons (Fsp3) is 0.312. The second kappa shape index (κ2) is 5.06. The number of carbonyl (C=O) groups excluding carboxylic acids is 2. The highest BCUT2D eigenvalue weighted by atomic mass is 16.2. The van der Waals surface area contributed by atoms with Crippen LogP contribution in [0.15, 0.2) is 35.7 Å². The van der Waals surface area contributed by atoms with Gasteiger partial charge < -0.3 is 4.90 Å². The quantitative estimate of drug-likeness (QED) is 0.790. The van der Waals surface area contributed by atoms with E-state index in [0.29, 0.717) is 37.3 Å². The largest absolute Gasteiger partial charge is 0.326 e. The lowest BCUT2D eigenvalue weighted by atomic mass is 10.0. The molecule has 1 aromatic carbocycles. The van der Waals surface area contributed by atoms with Crippen molar-refractivity contribution >= 4 is 17.4 Å². The number of nitriles is 1. The normalized spacial score (nSPS) is 18.1. The number of allylic oxidation sites excluding steroid dienone is 1. The molecule has 2 heterocycles. The first-order chi connectivity index (χ1) is 10.2. The zero-order valence-electron chi connectivity index (χ0n) is 11.8. The molecule has 106 valence electrons. The fourth-order valence-electron chi connectivity index (χ4n) is 2.95. The van der Waals surface area contributed by atoms with Gasteiger partial charge in [0.05, 0.1) is 11.3 Å². The lowest BCUT2D eigenvalue weighted by molar-refractivity contribution is -0.115. The average molecular weight is 281 g/mol. The van der Waals surface area contributed by atoms with Gasteiger partial charge in [-0.2, -0.15) is 5.26 Å². The van der Waals surface area contributed by atoms with Crippen molar-refractivity contribution in [1.82, 2.24) is 4.90 Å². The van der Waals surface area contributed by atoms with Crippen molar-refractivity contribution in [2.24, 2.45) is 0 Å². The Balaban J connectivity index is 2.29. The minimum absolute atomic E-state index is 0.0946. The van der Waals surface area contributed by atoms with Crippen molar-refractivity contribution < 1.29 is 9.59 Å². The van der Waals surface area contributed by atoms with E-state index in [0.717, 1.165) is 5.69 Å². The summed E-state index contributed by atoms with van der Waals surface area (Å²) in [6.07, 6.45) is 0.892. The van der Waals surface area contributed by atoms with Gasteiger partial charge in [0.25, 0.3) is 5.91 Å². The Kier molecular flexibility index (Phi) is 3.22. The number of carbonyl (C=O) groups is 2. The topological polar surface area (TPSA) is 64.4 Å². The first-order valence-corrected chi connectivity index (χ1v) is 7.05. The first kappa shape index (κ1) is 13.4. The summed E-state index contributed by atoms with van der Waals surface area (Å²) >= 11 is 0. The maximum absolute atomic E-state index is 12.7. The highest BCUT2D eigenvalue weighted by Crippen LogP contribution is 2.35. The molecule has 0 aliphatic carbocycles. The number of hydrogen-bond donors (Lipinski definition) is 0. The molecule has 1 amide bonds. The Morgan fingerprint density at radius 3 is 2.76 bits per heavy atom. The molecule has 0 fully saturated rings. The van der Waals surface area contributed by atoms with Crippen LogP contribution in [0.25, 0.3) is 0 Å². The molecular weight excluding hydrogens is 266 g/mol. The van der Waals surface area contributed by atoms with Crippen LogP contribution in [-0.4, -0.2) is 29.7 Å². The van der Waals surface area contributed by atoms with Gasteiger partial charge in [-0.3, -0.25) is 14.5 Å². The Morgan fingerprint density at radius 2 is 2.05 bits per heavy atom. The SMILES string of the molecule is CCN1C2=C(C#N)C(=O)CCCN2C(=O)c2ccccc21. The van der Waals surface area contributed by atoms with E-state index in [1.165, 1.54) is 0 Å². The molecule has 0 saturated heterocycles. The van der Waals surface area contributed by atoms with Gasteiger partial charge in [-0.1, -0.05) is 12.1 Å². The molecule has 0 bridgehead atoms. The molecule has 0 saturated carbocycles. The highest BCUT2D eigenvalue weighted by Gasteiger charge is 2.37. The van der Waals surface area contributed by atoms with Crippen LogP contribution in [0.1, 0.15) is 30.1 Å². The van der Waals surface area contributed by atoms with Gasteiger partial charge >= 0.3 is 0 Å². The van der Waals surface area contributed by atoms with E-state index in [4.69, 9.17) is 0 Å². The lowest BCUT2D eigenvalue weighted by Crippen LogP contribution is -2.45. The highest BCUT2D eigenvalue weighted by molar-refractivity contribution is 6.07. The van der Waals surface area contributed by atoms with Crippen molar-refractivity contribution in [3.05, 3.63) is 41.2 Å². The number of anilines is 1.